The van der Waals surface area contributed by atoms with E-state index in [2.05, 4.69) is 51.8 Å². The number of hydrogen-bond acceptors (Lipinski definition) is 4. The maximum atomic E-state index is 11.0. The Hall–Kier alpha value is -1.08. The molecule has 4 nitrogen and oxygen atoms in total. The van der Waals surface area contributed by atoms with E-state index in [1.54, 1.807) is 0 Å². The third-order valence-electron chi connectivity index (χ3n) is 2.97. The zero-order chi connectivity index (χ0) is 15.8. The number of amides is 1. The van der Waals surface area contributed by atoms with Crippen LogP contribution in [0.15, 0.2) is 18.2 Å². The molecule has 0 fully saturated rings. The zero-order valence-electron chi connectivity index (χ0n) is 13.0. The van der Waals surface area contributed by atoms with Gasteiger partial charge >= 0.3 is 133 Å². The summed E-state index contributed by atoms with van der Waals surface area (Å²) in [5.74, 6) is 0. The van der Waals surface area contributed by atoms with Crippen molar-refractivity contribution in [2.45, 2.75) is 28.7 Å². The number of aromatic nitrogens is 1. The third kappa shape index (κ3) is 3.97. The second-order valence-electron chi connectivity index (χ2n) is 6.20. The number of nitrogens with zero attached hydrogens (tertiary/aromatic N) is 1. The topological polar surface area (TPSA) is 65.2 Å². The first kappa shape index (κ1) is 16.3. The SMILES string of the molecule is Cc1cc(C)cc(-c2nc(OC(N)=O)s[c]2[Sn]([CH3])([CH3])[CH3])c1. The molecule has 0 aliphatic rings. The van der Waals surface area contributed by atoms with Gasteiger partial charge < -0.3 is 0 Å². The fourth-order valence-corrected chi connectivity index (χ4v) is 9.22. The molecule has 0 atom stereocenters. The number of carbonyl (C=O) groups excluding carboxylic acids is 1. The molecule has 1 aromatic heterocycles. The third-order valence-corrected chi connectivity index (χ3v) is 13.3. The Balaban J connectivity index is 2.60. The van der Waals surface area contributed by atoms with Crippen molar-refractivity contribution in [1.82, 2.24) is 4.98 Å². The number of aryl methyl sites for hydroxylation is 2. The molecule has 112 valence electrons. The van der Waals surface area contributed by atoms with Gasteiger partial charge in [0, 0.05) is 0 Å². The summed E-state index contributed by atoms with van der Waals surface area (Å²) < 4.78 is 6.28. The molecule has 2 aromatic rings. The minimum absolute atomic E-state index is 0.346. The van der Waals surface area contributed by atoms with Crippen LogP contribution in [0.4, 0.5) is 4.79 Å². The monoisotopic (exact) mass is 412 g/mol. The van der Waals surface area contributed by atoms with Crippen LogP contribution in [0, 0.1) is 13.8 Å². The summed E-state index contributed by atoms with van der Waals surface area (Å²) in [4.78, 5) is 22.5. The Morgan fingerprint density at radius 3 is 2.24 bits per heavy atom. The van der Waals surface area contributed by atoms with Gasteiger partial charge in [-0.15, -0.1) is 0 Å². The van der Waals surface area contributed by atoms with Crippen molar-refractivity contribution in [2.75, 3.05) is 0 Å². The number of thiazole rings is 1. The van der Waals surface area contributed by atoms with E-state index < -0.39 is 24.5 Å². The molecule has 0 saturated carbocycles. The Bertz CT molecular complexity index is 669. The van der Waals surface area contributed by atoms with Crippen LogP contribution < -0.4 is 13.4 Å². The van der Waals surface area contributed by atoms with E-state index in [1.165, 1.54) is 25.4 Å². The molecule has 1 amide bonds. The number of nitrogens with two attached hydrogens (primary N) is 1. The summed E-state index contributed by atoms with van der Waals surface area (Å²) in [5, 5.41) is 0.346. The van der Waals surface area contributed by atoms with Crippen LogP contribution in [0.1, 0.15) is 11.1 Å². The van der Waals surface area contributed by atoms with E-state index in [4.69, 9.17) is 10.5 Å². The summed E-state index contributed by atoms with van der Waals surface area (Å²) >= 11 is -0.914. The van der Waals surface area contributed by atoms with Crippen molar-refractivity contribution in [2.24, 2.45) is 5.73 Å². The van der Waals surface area contributed by atoms with Gasteiger partial charge in [-0.3, -0.25) is 0 Å². The van der Waals surface area contributed by atoms with E-state index in [9.17, 15) is 4.79 Å². The van der Waals surface area contributed by atoms with Crippen molar-refractivity contribution >= 4 is 38.7 Å². The number of ether oxygens (including phenoxy) is 1. The summed E-state index contributed by atoms with van der Waals surface area (Å²) in [5.41, 5.74) is 9.54. The molecule has 0 aliphatic heterocycles. The van der Waals surface area contributed by atoms with E-state index in [-0.39, 0.29) is 0 Å². The van der Waals surface area contributed by atoms with Crippen LogP contribution >= 0.6 is 11.3 Å². The van der Waals surface area contributed by atoms with Crippen molar-refractivity contribution in [1.29, 1.82) is 0 Å². The van der Waals surface area contributed by atoms with Crippen LogP contribution in [0.5, 0.6) is 5.19 Å². The Labute approximate surface area is 133 Å². The van der Waals surface area contributed by atoms with Gasteiger partial charge in [0.25, 0.3) is 0 Å². The standard InChI is InChI=1S/C12H11N2O2S.3CH3.Sn/c1-7-3-8(2)5-9(4-7)10-6-17-12(14-10)16-11(13)15;;;;/h3-5H,1-2H3,(H2,13,15);3*1H3;. The van der Waals surface area contributed by atoms with Crippen LogP contribution in [0.3, 0.4) is 0 Å². The van der Waals surface area contributed by atoms with Gasteiger partial charge in [0.05, 0.1) is 0 Å². The molecule has 0 saturated heterocycles. The minimum atomic E-state index is -2.37. The quantitative estimate of drug-likeness (QED) is 0.788. The first-order valence-corrected chi connectivity index (χ1v) is 17.5. The molecule has 0 unspecified atom stereocenters. The van der Waals surface area contributed by atoms with Crippen LogP contribution in [0.2, 0.25) is 14.8 Å². The fraction of sp³-hybridized carbons (Fsp3) is 0.333. The van der Waals surface area contributed by atoms with Gasteiger partial charge in [-0.2, -0.15) is 0 Å². The van der Waals surface area contributed by atoms with E-state index in [1.807, 2.05) is 0 Å². The average molecular weight is 411 g/mol. The van der Waals surface area contributed by atoms with Crippen LogP contribution in [0.25, 0.3) is 11.3 Å². The first-order valence-electron chi connectivity index (χ1n) is 6.74. The summed E-state index contributed by atoms with van der Waals surface area (Å²) in [7, 11) is 0. The average Bonchev–Trinajstić information content (AvgIpc) is 2.70. The number of carbonyl (C=O) groups is 1. The second kappa shape index (κ2) is 5.96. The van der Waals surface area contributed by atoms with Crippen molar-refractivity contribution in [3.63, 3.8) is 0 Å². The van der Waals surface area contributed by atoms with Gasteiger partial charge in [0.1, 0.15) is 0 Å². The molecule has 0 radical (unpaired) electrons. The molecular formula is C15H20N2O2SSn. The van der Waals surface area contributed by atoms with Gasteiger partial charge in [-0.25, -0.2) is 0 Å². The molecule has 0 aliphatic carbocycles. The molecule has 1 aromatic carbocycles. The number of primary amides is 1. The summed E-state index contributed by atoms with van der Waals surface area (Å²) in [6.07, 6.45) is -0.814. The van der Waals surface area contributed by atoms with E-state index >= 15 is 0 Å². The van der Waals surface area contributed by atoms with Crippen LogP contribution in [-0.4, -0.2) is 29.5 Å². The first-order chi connectivity index (χ1) is 9.66. The predicted octanol–water partition coefficient (Wildman–Crippen LogP) is 3.43. The Kier molecular flexibility index (Phi) is 4.63. The van der Waals surface area contributed by atoms with Crippen molar-refractivity contribution in [3.05, 3.63) is 29.3 Å². The van der Waals surface area contributed by atoms with Gasteiger partial charge in [-0.1, -0.05) is 0 Å². The van der Waals surface area contributed by atoms with E-state index in [0.717, 1.165) is 11.3 Å². The second-order valence-corrected chi connectivity index (χ2v) is 22.5. The Morgan fingerprint density at radius 1 is 1.19 bits per heavy atom. The number of hydrogen-bond donors (Lipinski definition) is 1. The van der Waals surface area contributed by atoms with Crippen molar-refractivity contribution < 1.29 is 9.53 Å². The van der Waals surface area contributed by atoms with E-state index in [0.29, 0.717) is 5.19 Å². The van der Waals surface area contributed by atoms with Gasteiger partial charge in [-0.05, 0) is 0 Å². The number of rotatable bonds is 3. The molecule has 1 heterocycles. The molecule has 6 heteroatoms. The maximum absolute atomic E-state index is 11.0. The van der Waals surface area contributed by atoms with Gasteiger partial charge in [0.15, 0.2) is 0 Å². The summed E-state index contributed by atoms with van der Waals surface area (Å²) in [6, 6.07) is 6.38. The molecule has 0 spiro atoms. The molecule has 0 bridgehead atoms. The molecule has 21 heavy (non-hydrogen) atoms. The molecule has 2 rings (SSSR count). The molecular weight excluding hydrogens is 391 g/mol. The zero-order valence-corrected chi connectivity index (χ0v) is 16.7. The normalized spacial score (nSPS) is 11.5. The van der Waals surface area contributed by atoms with Crippen LogP contribution in [-0.2, 0) is 0 Å². The predicted molar refractivity (Wildman–Crippen MR) is 90.2 cm³/mol. The fourth-order valence-electron chi connectivity index (χ4n) is 2.25. The summed E-state index contributed by atoms with van der Waals surface area (Å²) in [6.45, 7) is 4.15. The molecule has 2 N–H and O–H groups in total. The number of benzene rings is 1. The van der Waals surface area contributed by atoms with Crippen molar-refractivity contribution in [3.8, 4) is 16.5 Å². The van der Waals surface area contributed by atoms with Gasteiger partial charge in [0.2, 0.25) is 0 Å². The Morgan fingerprint density at radius 2 is 1.76 bits per heavy atom.